The minimum absolute atomic E-state index is 0.551. The molecular formula is C24H20N2O2. The molecule has 0 saturated carbocycles. The number of nitrogen functional groups attached to an aromatic ring is 2. The van der Waals surface area contributed by atoms with Gasteiger partial charge in [-0.3, -0.25) is 0 Å². The smallest absolute Gasteiger partial charge is 0.177 e. The fraction of sp³-hybridized carbons (Fsp3) is 0. The zero-order chi connectivity index (χ0) is 19.3. The second kappa shape index (κ2) is 7.76. The molecule has 0 atom stereocenters. The first-order chi connectivity index (χ1) is 13.7. The van der Waals surface area contributed by atoms with Gasteiger partial charge in [0.05, 0.1) is 11.4 Å². The van der Waals surface area contributed by atoms with Gasteiger partial charge in [-0.2, -0.15) is 0 Å². The van der Waals surface area contributed by atoms with Gasteiger partial charge >= 0.3 is 0 Å². The molecule has 0 radical (unpaired) electrons. The van der Waals surface area contributed by atoms with E-state index >= 15 is 0 Å². The maximum absolute atomic E-state index is 6.25. The van der Waals surface area contributed by atoms with Crippen molar-refractivity contribution in [2.45, 2.75) is 0 Å². The summed E-state index contributed by atoms with van der Waals surface area (Å²) in [5.41, 5.74) is 15.2. The molecule has 0 aliphatic rings. The molecule has 138 valence electrons. The van der Waals surface area contributed by atoms with Crippen LogP contribution in [0.3, 0.4) is 0 Å². The average Bonchev–Trinajstić information content (AvgIpc) is 2.73. The van der Waals surface area contributed by atoms with Gasteiger partial charge in [-0.1, -0.05) is 66.7 Å². The standard InChI is InChI=1S/C24H20N2O2/c25-19-12-4-6-14-21(19)27-23-16-8-11-18(17-9-2-1-3-10-17)24(23)28-22-15-7-5-13-20(22)26/h1-16H,25-26H2. The summed E-state index contributed by atoms with van der Waals surface area (Å²) in [7, 11) is 0. The quantitative estimate of drug-likeness (QED) is 0.417. The van der Waals surface area contributed by atoms with Crippen molar-refractivity contribution in [3.05, 3.63) is 97.1 Å². The van der Waals surface area contributed by atoms with E-state index < -0.39 is 0 Å². The average molecular weight is 368 g/mol. The summed E-state index contributed by atoms with van der Waals surface area (Å²) in [4.78, 5) is 0. The molecule has 4 aromatic carbocycles. The molecule has 0 bridgehead atoms. The highest BCUT2D eigenvalue weighted by molar-refractivity contribution is 5.75. The Kier molecular flexibility index (Phi) is 4.85. The second-order valence-corrected chi connectivity index (χ2v) is 6.28. The predicted molar refractivity (Wildman–Crippen MR) is 114 cm³/mol. The first kappa shape index (κ1) is 17.5. The van der Waals surface area contributed by atoms with E-state index in [1.165, 1.54) is 0 Å². The third-order valence-corrected chi connectivity index (χ3v) is 4.33. The Morgan fingerprint density at radius 2 is 1.00 bits per heavy atom. The van der Waals surface area contributed by atoms with Gasteiger partial charge in [-0.15, -0.1) is 0 Å². The third-order valence-electron chi connectivity index (χ3n) is 4.33. The van der Waals surface area contributed by atoms with Crippen molar-refractivity contribution < 1.29 is 9.47 Å². The molecule has 0 saturated heterocycles. The van der Waals surface area contributed by atoms with Crippen LogP contribution in [0.5, 0.6) is 23.0 Å². The SMILES string of the molecule is Nc1ccccc1Oc1cccc(-c2ccccc2)c1Oc1ccccc1N. The van der Waals surface area contributed by atoms with Crippen LogP contribution in [0.2, 0.25) is 0 Å². The van der Waals surface area contributed by atoms with Crippen molar-refractivity contribution in [2.24, 2.45) is 0 Å². The zero-order valence-corrected chi connectivity index (χ0v) is 15.2. The maximum atomic E-state index is 6.25. The number of ether oxygens (including phenoxy) is 2. The van der Waals surface area contributed by atoms with Crippen LogP contribution in [-0.2, 0) is 0 Å². The molecule has 0 spiro atoms. The molecule has 0 aliphatic heterocycles. The molecule has 0 aliphatic carbocycles. The predicted octanol–water partition coefficient (Wildman–Crippen LogP) is 6.10. The normalized spacial score (nSPS) is 10.4. The van der Waals surface area contributed by atoms with Gasteiger partial charge in [0.15, 0.2) is 23.0 Å². The first-order valence-electron chi connectivity index (χ1n) is 8.95. The van der Waals surface area contributed by atoms with Gasteiger partial charge in [0, 0.05) is 5.56 Å². The summed E-state index contributed by atoms with van der Waals surface area (Å²) in [6.07, 6.45) is 0. The Morgan fingerprint density at radius 1 is 0.464 bits per heavy atom. The number of hydrogen-bond donors (Lipinski definition) is 2. The van der Waals surface area contributed by atoms with Crippen LogP contribution in [0.25, 0.3) is 11.1 Å². The van der Waals surface area contributed by atoms with E-state index in [-0.39, 0.29) is 0 Å². The van der Waals surface area contributed by atoms with Crippen molar-refractivity contribution in [1.29, 1.82) is 0 Å². The Hall–Kier alpha value is -3.92. The van der Waals surface area contributed by atoms with Crippen LogP contribution in [0.4, 0.5) is 11.4 Å². The van der Waals surface area contributed by atoms with E-state index in [4.69, 9.17) is 20.9 Å². The van der Waals surface area contributed by atoms with E-state index in [0.717, 1.165) is 11.1 Å². The van der Waals surface area contributed by atoms with E-state index in [1.54, 1.807) is 12.1 Å². The number of benzene rings is 4. The summed E-state index contributed by atoms with van der Waals surface area (Å²) in [5.74, 6) is 2.27. The lowest BCUT2D eigenvalue weighted by Gasteiger charge is -2.18. The Morgan fingerprint density at radius 3 is 1.64 bits per heavy atom. The number of para-hydroxylation sites is 5. The third kappa shape index (κ3) is 3.62. The number of hydrogen-bond acceptors (Lipinski definition) is 4. The Bertz CT molecular complexity index is 1090. The fourth-order valence-corrected chi connectivity index (χ4v) is 2.92. The molecule has 4 aromatic rings. The van der Waals surface area contributed by atoms with E-state index in [9.17, 15) is 0 Å². The summed E-state index contributed by atoms with van der Waals surface area (Å²) in [5, 5.41) is 0. The van der Waals surface area contributed by atoms with Gasteiger partial charge < -0.3 is 20.9 Å². The van der Waals surface area contributed by atoms with Crippen LogP contribution < -0.4 is 20.9 Å². The largest absolute Gasteiger partial charge is 0.451 e. The fourth-order valence-electron chi connectivity index (χ4n) is 2.92. The van der Waals surface area contributed by atoms with E-state index in [1.807, 2.05) is 84.9 Å². The zero-order valence-electron chi connectivity index (χ0n) is 15.2. The number of rotatable bonds is 5. The molecule has 0 amide bonds. The van der Waals surface area contributed by atoms with Crippen LogP contribution in [0.15, 0.2) is 97.1 Å². The summed E-state index contributed by atoms with van der Waals surface area (Å²) in [6, 6.07) is 30.5. The first-order valence-corrected chi connectivity index (χ1v) is 8.95. The van der Waals surface area contributed by atoms with Crippen molar-refractivity contribution in [2.75, 3.05) is 11.5 Å². The van der Waals surface area contributed by atoms with E-state index in [2.05, 4.69) is 0 Å². The summed E-state index contributed by atoms with van der Waals surface area (Å²) in [6.45, 7) is 0. The molecule has 4 N–H and O–H groups in total. The van der Waals surface area contributed by atoms with Crippen molar-refractivity contribution in [3.8, 4) is 34.1 Å². The molecule has 0 heterocycles. The molecular weight excluding hydrogens is 348 g/mol. The molecule has 4 rings (SSSR count). The van der Waals surface area contributed by atoms with Crippen molar-refractivity contribution >= 4 is 11.4 Å². The molecule has 4 nitrogen and oxygen atoms in total. The molecule has 4 heteroatoms. The van der Waals surface area contributed by atoms with Gasteiger partial charge in [0.1, 0.15) is 0 Å². The number of nitrogens with two attached hydrogens (primary N) is 2. The highest BCUT2D eigenvalue weighted by Crippen LogP contribution is 2.44. The van der Waals surface area contributed by atoms with Crippen molar-refractivity contribution in [3.63, 3.8) is 0 Å². The number of anilines is 2. The van der Waals surface area contributed by atoms with Gasteiger partial charge in [-0.05, 0) is 35.9 Å². The molecule has 0 fully saturated rings. The monoisotopic (exact) mass is 368 g/mol. The minimum Gasteiger partial charge on any atom is -0.451 e. The molecule has 0 unspecified atom stereocenters. The molecule has 28 heavy (non-hydrogen) atoms. The van der Waals surface area contributed by atoms with Crippen molar-refractivity contribution in [1.82, 2.24) is 0 Å². The lowest BCUT2D eigenvalue weighted by atomic mass is 10.0. The van der Waals surface area contributed by atoms with Crippen LogP contribution in [0.1, 0.15) is 0 Å². The van der Waals surface area contributed by atoms with Gasteiger partial charge in [0.2, 0.25) is 0 Å². The van der Waals surface area contributed by atoms with Crippen LogP contribution in [-0.4, -0.2) is 0 Å². The summed E-state index contributed by atoms with van der Waals surface area (Å²) < 4.78 is 12.4. The summed E-state index contributed by atoms with van der Waals surface area (Å²) >= 11 is 0. The topological polar surface area (TPSA) is 70.5 Å². The van der Waals surface area contributed by atoms with Crippen LogP contribution >= 0.6 is 0 Å². The van der Waals surface area contributed by atoms with Gasteiger partial charge in [0.25, 0.3) is 0 Å². The highest BCUT2D eigenvalue weighted by Gasteiger charge is 2.16. The second-order valence-electron chi connectivity index (χ2n) is 6.28. The molecule has 0 aromatic heterocycles. The maximum Gasteiger partial charge on any atom is 0.177 e. The highest BCUT2D eigenvalue weighted by atomic mass is 16.5. The van der Waals surface area contributed by atoms with Gasteiger partial charge in [-0.25, -0.2) is 0 Å². The Balaban J connectivity index is 1.84. The lowest BCUT2D eigenvalue weighted by molar-refractivity contribution is 0.422. The Labute approximate surface area is 164 Å². The van der Waals surface area contributed by atoms with E-state index in [0.29, 0.717) is 34.4 Å². The lowest BCUT2D eigenvalue weighted by Crippen LogP contribution is -1.97. The minimum atomic E-state index is 0.551. The van der Waals surface area contributed by atoms with Crippen LogP contribution in [0, 0.1) is 0 Å².